The molecule has 10 heteroatoms. The molecular formula is C37H42ClN5O4. The van der Waals surface area contributed by atoms with Crippen molar-refractivity contribution in [1.82, 2.24) is 19.7 Å². The number of piperidine rings is 1. The lowest BCUT2D eigenvalue weighted by molar-refractivity contribution is 0.0947. The maximum Gasteiger partial charge on any atom is 0.409 e. The van der Waals surface area contributed by atoms with E-state index in [2.05, 4.69) is 11.9 Å². The van der Waals surface area contributed by atoms with Gasteiger partial charge in [0.05, 0.1) is 17.8 Å². The summed E-state index contributed by atoms with van der Waals surface area (Å²) in [4.78, 5) is 28.5. The van der Waals surface area contributed by atoms with Gasteiger partial charge < -0.3 is 35.3 Å². The number of halogens is 1. The number of aliphatic hydroxyl groups is 1. The van der Waals surface area contributed by atoms with Crippen LogP contribution in [-0.2, 0) is 23.9 Å². The van der Waals surface area contributed by atoms with E-state index < -0.39 is 5.60 Å². The van der Waals surface area contributed by atoms with E-state index in [4.69, 9.17) is 22.1 Å². The molecule has 3 aromatic carbocycles. The van der Waals surface area contributed by atoms with Gasteiger partial charge in [0, 0.05) is 62.4 Å². The second kappa shape index (κ2) is 14.5. The maximum atomic E-state index is 13.0. The van der Waals surface area contributed by atoms with Crippen molar-refractivity contribution in [3.8, 4) is 11.1 Å². The lowest BCUT2D eigenvalue weighted by Gasteiger charge is -2.36. The largest absolute Gasteiger partial charge is 0.450 e. The number of aryl methyl sites for hydroxylation is 1. The SMILES string of the molecule is C=CN(C)/C(=C\N)C(O)(c1ccc(CNC2CCN(C(=O)OCC)CC2)cc1)c1ccc2c(c1)c(-c1cccc(Cl)c1)cc(=O)n2C. The fourth-order valence-electron chi connectivity index (χ4n) is 6.24. The minimum absolute atomic E-state index is 0.154. The van der Waals surface area contributed by atoms with Crippen molar-refractivity contribution in [3.05, 3.63) is 130 Å². The summed E-state index contributed by atoms with van der Waals surface area (Å²) in [6.45, 7) is 8.05. The Morgan fingerprint density at radius 1 is 1.13 bits per heavy atom. The van der Waals surface area contributed by atoms with Gasteiger partial charge in [0.1, 0.15) is 0 Å². The van der Waals surface area contributed by atoms with Crippen LogP contribution in [-0.4, -0.2) is 58.4 Å². The first-order chi connectivity index (χ1) is 22.6. The van der Waals surface area contributed by atoms with Crippen molar-refractivity contribution in [2.24, 2.45) is 12.8 Å². The second-order valence-electron chi connectivity index (χ2n) is 11.8. The first-order valence-corrected chi connectivity index (χ1v) is 16.1. The van der Waals surface area contributed by atoms with Crippen LogP contribution in [0.2, 0.25) is 5.02 Å². The molecule has 0 bridgehead atoms. The molecule has 4 aromatic rings. The highest BCUT2D eigenvalue weighted by molar-refractivity contribution is 6.30. The zero-order valence-electron chi connectivity index (χ0n) is 27.1. The smallest absolute Gasteiger partial charge is 0.409 e. The number of likely N-dealkylation sites (N-methyl/N-ethyl adjacent to an activating group) is 1. The lowest BCUT2D eigenvalue weighted by Crippen LogP contribution is -2.44. The third kappa shape index (κ3) is 6.93. The summed E-state index contributed by atoms with van der Waals surface area (Å²) in [5.41, 5.74) is 9.23. The number of carbonyl (C=O) groups is 1. The standard InChI is InChI=1S/C37H42ClN5O4/c1-5-41(3)34(23-39)37(46,27-12-10-25(11-13-27)24-40-30-16-18-43(19-17-30)36(45)47-6-2)28-14-15-33-32(21-28)31(22-35(44)42(33)4)26-8-7-9-29(38)20-26/h5,7-15,20-23,30,40,46H,1,6,16-19,24,39H2,2-4H3/b34-23-. The van der Waals surface area contributed by atoms with E-state index in [9.17, 15) is 14.7 Å². The van der Waals surface area contributed by atoms with Crippen LogP contribution in [0.4, 0.5) is 4.79 Å². The van der Waals surface area contributed by atoms with Crippen molar-refractivity contribution in [1.29, 1.82) is 0 Å². The third-order valence-electron chi connectivity index (χ3n) is 8.97. The number of likely N-dealkylation sites (tertiary alicyclic amines) is 1. The lowest BCUT2D eigenvalue weighted by atomic mass is 9.81. The number of nitrogens with two attached hydrogens (primary N) is 1. The molecule has 9 nitrogen and oxygen atoms in total. The summed E-state index contributed by atoms with van der Waals surface area (Å²) in [7, 11) is 3.51. The Hall–Kier alpha value is -4.57. The Kier molecular flexibility index (Phi) is 10.4. The predicted octanol–water partition coefficient (Wildman–Crippen LogP) is 5.68. The summed E-state index contributed by atoms with van der Waals surface area (Å²) in [5.74, 6) is 0. The fraction of sp³-hybridized carbons (Fsp3) is 0.297. The van der Waals surface area contributed by atoms with E-state index in [-0.39, 0.29) is 17.7 Å². The summed E-state index contributed by atoms with van der Waals surface area (Å²) in [6.07, 6.45) is 4.43. The molecule has 1 fully saturated rings. The quantitative estimate of drug-likeness (QED) is 0.202. The van der Waals surface area contributed by atoms with Crippen LogP contribution in [0, 0.1) is 0 Å². The van der Waals surface area contributed by atoms with Crippen LogP contribution < -0.4 is 16.6 Å². The van der Waals surface area contributed by atoms with Crippen molar-refractivity contribution in [2.45, 2.75) is 38.0 Å². The number of nitrogens with one attached hydrogen (secondary N) is 1. The van der Waals surface area contributed by atoms with Crippen molar-refractivity contribution < 1.29 is 14.6 Å². The van der Waals surface area contributed by atoms with Crippen molar-refractivity contribution >= 4 is 28.6 Å². The highest BCUT2D eigenvalue weighted by Crippen LogP contribution is 2.40. The van der Waals surface area contributed by atoms with Crippen molar-refractivity contribution in [2.75, 3.05) is 26.7 Å². The molecule has 1 saturated heterocycles. The Bertz CT molecular complexity index is 1850. The number of hydrogen-bond donors (Lipinski definition) is 3. The Morgan fingerprint density at radius 2 is 1.83 bits per heavy atom. The van der Waals surface area contributed by atoms with E-state index in [1.807, 2.05) is 67.6 Å². The number of benzene rings is 3. The molecule has 0 spiro atoms. The number of aromatic nitrogens is 1. The van der Waals surface area contributed by atoms with Crippen LogP contribution in [0.25, 0.3) is 22.0 Å². The zero-order valence-corrected chi connectivity index (χ0v) is 27.8. The minimum atomic E-state index is -1.67. The molecule has 4 N–H and O–H groups in total. The summed E-state index contributed by atoms with van der Waals surface area (Å²) in [5, 5.41) is 17.7. The van der Waals surface area contributed by atoms with Gasteiger partial charge in [0.15, 0.2) is 5.60 Å². The Balaban J connectivity index is 1.49. The summed E-state index contributed by atoms with van der Waals surface area (Å²) < 4.78 is 6.72. The van der Waals surface area contributed by atoms with Gasteiger partial charge in [-0.25, -0.2) is 4.79 Å². The average Bonchev–Trinajstić information content (AvgIpc) is 3.09. The molecule has 47 heavy (non-hydrogen) atoms. The molecule has 1 atom stereocenters. The zero-order chi connectivity index (χ0) is 33.7. The van der Waals surface area contributed by atoms with Gasteiger partial charge in [-0.3, -0.25) is 4.79 Å². The Morgan fingerprint density at radius 3 is 2.47 bits per heavy atom. The van der Waals surface area contributed by atoms with Gasteiger partial charge in [0.25, 0.3) is 5.56 Å². The molecule has 0 aliphatic carbocycles. The van der Waals surface area contributed by atoms with Gasteiger partial charge in [0.2, 0.25) is 0 Å². The normalized spacial score (nSPS) is 15.3. The Labute approximate surface area is 280 Å². The van der Waals surface area contributed by atoms with Gasteiger partial charge in [-0.05, 0) is 78.0 Å². The monoisotopic (exact) mass is 655 g/mol. The number of hydrogen-bond acceptors (Lipinski definition) is 7. The van der Waals surface area contributed by atoms with E-state index in [0.29, 0.717) is 59.2 Å². The average molecular weight is 656 g/mol. The van der Waals surface area contributed by atoms with E-state index in [1.165, 1.54) is 6.20 Å². The molecule has 1 amide bonds. The molecule has 1 aliphatic rings. The molecule has 2 heterocycles. The van der Waals surface area contributed by atoms with Crippen LogP contribution in [0.1, 0.15) is 36.5 Å². The molecule has 1 aliphatic heterocycles. The number of fused-ring (bicyclic) bond motifs is 1. The third-order valence-corrected chi connectivity index (χ3v) is 9.20. The topological polar surface area (TPSA) is 113 Å². The molecular weight excluding hydrogens is 614 g/mol. The number of amides is 1. The van der Waals surface area contributed by atoms with Gasteiger partial charge in [-0.1, -0.05) is 60.6 Å². The molecule has 246 valence electrons. The van der Waals surface area contributed by atoms with Crippen LogP contribution in [0.15, 0.2) is 102 Å². The maximum absolute atomic E-state index is 13.0. The number of pyridine rings is 1. The number of ether oxygens (including phenoxy) is 1. The van der Waals surface area contributed by atoms with Crippen LogP contribution >= 0.6 is 11.6 Å². The summed E-state index contributed by atoms with van der Waals surface area (Å²) >= 11 is 6.34. The van der Waals surface area contributed by atoms with Crippen molar-refractivity contribution in [3.63, 3.8) is 0 Å². The second-order valence-corrected chi connectivity index (χ2v) is 12.2. The number of carbonyl (C=O) groups excluding carboxylic acids is 1. The minimum Gasteiger partial charge on any atom is -0.450 e. The summed E-state index contributed by atoms with van der Waals surface area (Å²) in [6, 6.07) is 22.6. The van der Waals surface area contributed by atoms with Gasteiger partial charge >= 0.3 is 6.09 Å². The van der Waals surface area contributed by atoms with Gasteiger partial charge in [-0.15, -0.1) is 0 Å². The van der Waals surface area contributed by atoms with Crippen LogP contribution in [0.5, 0.6) is 0 Å². The van der Waals surface area contributed by atoms with Gasteiger partial charge in [-0.2, -0.15) is 0 Å². The molecule has 0 saturated carbocycles. The van der Waals surface area contributed by atoms with E-state index >= 15 is 0 Å². The molecule has 1 unspecified atom stereocenters. The first-order valence-electron chi connectivity index (χ1n) is 15.8. The first kappa shape index (κ1) is 33.8. The fourth-order valence-corrected chi connectivity index (χ4v) is 6.43. The molecule has 1 aromatic heterocycles. The molecule has 5 rings (SSSR count). The van der Waals surface area contributed by atoms with E-state index in [0.717, 1.165) is 29.4 Å². The highest BCUT2D eigenvalue weighted by atomic mass is 35.5. The predicted molar refractivity (Wildman–Crippen MR) is 188 cm³/mol. The highest BCUT2D eigenvalue weighted by Gasteiger charge is 2.38. The molecule has 0 radical (unpaired) electrons. The van der Waals surface area contributed by atoms with Crippen LogP contribution in [0.3, 0.4) is 0 Å². The number of rotatable bonds is 10. The number of nitrogens with zero attached hydrogens (tertiary/aromatic N) is 3. The van der Waals surface area contributed by atoms with E-state index in [1.54, 1.807) is 46.8 Å².